The maximum Gasteiger partial charge on any atom is 0.217 e. The molecule has 0 atom stereocenters. The molecular formula is C33H31N4O2Pt-. The molecule has 7 heteroatoms. The largest absolute Gasteiger partial charge is 0.506 e. The smallest absolute Gasteiger partial charge is 0.217 e. The maximum absolute atomic E-state index is 10.2. The van der Waals surface area contributed by atoms with E-state index in [1.807, 2.05) is 12.3 Å². The second-order valence-corrected chi connectivity index (χ2v) is 11.9. The van der Waals surface area contributed by atoms with Gasteiger partial charge in [0.25, 0.3) is 0 Å². The topological polar surface area (TPSA) is 73.1 Å². The Bertz CT molecular complexity index is 1880. The molecule has 0 saturated heterocycles. The van der Waals surface area contributed by atoms with Gasteiger partial charge in [-0.25, -0.2) is 9.97 Å². The van der Waals surface area contributed by atoms with E-state index in [2.05, 4.69) is 98.5 Å². The Kier molecular flexibility index (Phi) is 6.96. The first-order valence-corrected chi connectivity index (χ1v) is 13.1. The number of benzene rings is 2. The number of fused-ring (bicyclic) bond motifs is 4. The van der Waals surface area contributed by atoms with Crippen LogP contribution in [0.2, 0.25) is 0 Å². The molecule has 4 aromatic heterocycles. The summed E-state index contributed by atoms with van der Waals surface area (Å²) in [5.74, 6) is 1.83. The molecule has 6 nitrogen and oxygen atoms in total. The number of nitrogens with zero attached hydrogens (tertiary/aromatic N) is 4. The normalized spacial score (nSPS) is 12.2. The van der Waals surface area contributed by atoms with Gasteiger partial charge in [0.15, 0.2) is 0 Å². The van der Waals surface area contributed by atoms with E-state index in [0.717, 1.165) is 27.6 Å². The molecule has 206 valence electrons. The molecular weight excluding hydrogens is 679 g/mol. The molecule has 1 N–H and O–H groups in total. The summed E-state index contributed by atoms with van der Waals surface area (Å²) in [6, 6.07) is 23.0. The van der Waals surface area contributed by atoms with Gasteiger partial charge >= 0.3 is 0 Å². The predicted molar refractivity (Wildman–Crippen MR) is 156 cm³/mol. The molecule has 0 aliphatic rings. The van der Waals surface area contributed by atoms with Crippen molar-refractivity contribution in [3.05, 3.63) is 90.3 Å². The van der Waals surface area contributed by atoms with E-state index in [1.54, 1.807) is 18.3 Å². The molecule has 2 aromatic carbocycles. The second kappa shape index (κ2) is 10.0. The van der Waals surface area contributed by atoms with Crippen LogP contribution in [0.5, 0.6) is 17.4 Å². The van der Waals surface area contributed by atoms with Crippen molar-refractivity contribution in [1.29, 1.82) is 0 Å². The Hall–Kier alpha value is -3.76. The van der Waals surface area contributed by atoms with Crippen molar-refractivity contribution in [3.63, 3.8) is 0 Å². The molecule has 0 saturated carbocycles. The van der Waals surface area contributed by atoms with Crippen LogP contribution in [0.25, 0.3) is 38.7 Å². The number of para-hydroxylation sites is 1. The van der Waals surface area contributed by atoms with E-state index >= 15 is 0 Å². The van der Waals surface area contributed by atoms with Gasteiger partial charge in [0.05, 0.1) is 5.52 Å². The molecule has 0 fully saturated rings. The van der Waals surface area contributed by atoms with E-state index in [-0.39, 0.29) is 37.6 Å². The van der Waals surface area contributed by atoms with Gasteiger partial charge in [-0.05, 0) is 40.0 Å². The third kappa shape index (κ3) is 4.75. The number of ether oxygens (including phenoxy) is 1. The van der Waals surface area contributed by atoms with E-state index in [0.29, 0.717) is 22.7 Å². The molecule has 0 aliphatic carbocycles. The minimum absolute atomic E-state index is 0. The third-order valence-electron chi connectivity index (χ3n) is 7.01. The number of aromatic nitrogens is 4. The summed E-state index contributed by atoms with van der Waals surface area (Å²) in [5, 5.41) is 12.4. The fraction of sp³-hybridized carbons (Fsp3) is 0.242. The zero-order valence-electron chi connectivity index (χ0n) is 23.4. The molecule has 0 bridgehead atoms. The van der Waals surface area contributed by atoms with Gasteiger partial charge in [-0.2, -0.15) is 6.07 Å². The van der Waals surface area contributed by atoms with Crippen LogP contribution in [0.3, 0.4) is 0 Å². The Morgan fingerprint density at radius 2 is 1.55 bits per heavy atom. The molecule has 6 rings (SSSR count). The zero-order valence-corrected chi connectivity index (χ0v) is 25.7. The first-order valence-electron chi connectivity index (χ1n) is 13.1. The molecule has 0 spiro atoms. The van der Waals surface area contributed by atoms with Crippen molar-refractivity contribution in [2.45, 2.75) is 52.4 Å². The first kappa shape index (κ1) is 27.8. The Labute approximate surface area is 248 Å². The predicted octanol–water partition coefficient (Wildman–Crippen LogP) is 8.01. The second-order valence-electron chi connectivity index (χ2n) is 11.9. The van der Waals surface area contributed by atoms with Gasteiger partial charge in [-0.3, -0.25) is 4.98 Å². The van der Waals surface area contributed by atoms with Crippen molar-refractivity contribution in [3.8, 4) is 23.2 Å². The van der Waals surface area contributed by atoms with Crippen LogP contribution in [0.15, 0.2) is 73.1 Å². The summed E-state index contributed by atoms with van der Waals surface area (Å²) in [7, 11) is 0. The average Bonchev–Trinajstić information content (AvgIpc) is 3.21. The quantitative estimate of drug-likeness (QED) is 0.189. The number of aromatic hydroxyl groups is 1. The van der Waals surface area contributed by atoms with E-state index in [4.69, 9.17) is 9.72 Å². The summed E-state index contributed by atoms with van der Waals surface area (Å²) in [6.45, 7) is 13.5. The van der Waals surface area contributed by atoms with Gasteiger partial charge in [0.1, 0.15) is 17.1 Å². The SMILES string of the molecule is CC(C)(C)c1ccnc(-n2c3[c-]c(Oc4ccc5nccc(O)c5n4)ccc3c3ccccc32)c1C(C)(C)C.[Pt]. The molecule has 6 aromatic rings. The van der Waals surface area contributed by atoms with Gasteiger partial charge in [0, 0.05) is 62.4 Å². The average molecular weight is 711 g/mol. The monoisotopic (exact) mass is 710 g/mol. The van der Waals surface area contributed by atoms with E-state index < -0.39 is 0 Å². The Morgan fingerprint density at radius 3 is 2.30 bits per heavy atom. The molecule has 0 amide bonds. The van der Waals surface area contributed by atoms with Gasteiger partial charge in [-0.15, -0.1) is 17.5 Å². The van der Waals surface area contributed by atoms with Gasteiger partial charge in [0.2, 0.25) is 5.88 Å². The summed E-state index contributed by atoms with van der Waals surface area (Å²) in [6.07, 6.45) is 3.46. The van der Waals surface area contributed by atoms with Gasteiger partial charge in [-0.1, -0.05) is 65.3 Å². The van der Waals surface area contributed by atoms with Crippen molar-refractivity contribution < 1.29 is 30.9 Å². The van der Waals surface area contributed by atoms with Crippen LogP contribution in [-0.2, 0) is 31.9 Å². The molecule has 4 heterocycles. The zero-order chi connectivity index (χ0) is 27.5. The number of pyridine rings is 3. The summed E-state index contributed by atoms with van der Waals surface area (Å²) in [5.41, 5.74) is 5.20. The minimum Gasteiger partial charge on any atom is -0.506 e. The van der Waals surface area contributed by atoms with Crippen LogP contribution in [0.1, 0.15) is 52.7 Å². The Morgan fingerprint density at radius 1 is 0.800 bits per heavy atom. The van der Waals surface area contributed by atoms with Crippen molar-refractivity contribution in [1.82, 2.24) is 19.5 Å². The molecule has 0 aliphatic heterocycles. The molecule has 0 radical (unpaired) electrons. The molecule has 40 heavy (non-hydrogen) atoms. The van der Waals surface area contributed by atoms with Crippen molar-refractivity contribution in [2.75, 3.05) is 0 Å². The van der Waals surface area contributed by atoms with E-state index in [9.17, 15) is 5.11 Å². The number of rotatable bonds is 3. The van der Waals surface area contributed by atoms with Crippen molar-refractivity contribution >= 4 is 32.8 Å². The Balaban J connectivity index is 0.00000323. The summed E-state index contributed by atoms with van der Waals surface area (Å²) in [4.78, 5) is 13.7. The minimum atomic E-state index is -0.150. The van der Waals surface area contributed by atoms with Crippen LogP contribution >= 0.6 is 0 Å². The van der Waals surface area contributed by atoms with Crippen molar-refractivity contribution in [2.24, 2.45) is 0 Å². The first-order chi connectivity index (χ1) is 18.5. The number of hydrogen-bond donors (Lipinski definition) is 1. The van der Waals surface area contributed by atoms with E-state index in [1.165, 1.54) is 17.2 Å². The molecule has 0 unspecified atom stereocenters. The van der Waals surface area contributed by atoms with Crippen LogP contribution in [0, 0.1) is 6.07 Å². The third-order valence-corrected chi connectivity index (χ3v) is 7.01. The number of hydrogen-bond acceptors (Lipinski definition) is 5. The standard InChI is InChI=1S/C33H31N4O2.Pt/c1-32(2,3)23-15-17-35-31(29(23)33(4,5)6)37-25-10-8-7-9-21(25)22-12-11-20(19-26(22)37)39-28-14-13-24-30(36-28)27(38)16-18-34-24;/h7-18H,1-6H3,(H,34,38);/q-1;. The van der Waals surface area contributed by atoms with Crippen LogP contribution < -0.4 is 4.74 Å². The summed E-state index contributed by atoms with van der Waals surface area (Å²) < 4.78 is 8.38. The summed E-state index contributed by atoms with van der Waals surface area (Å²) >= 11 is 0. The fourth-order valence-corrected chi connectivity index (χ4v) is 5.30. The fourth-order valence-electron chi connectivity index (χ4n) is 5.30. The van der Waals surface area contributed by atoms with Crippen LogP contribution in [0.4, 0.5) is 0 Å². The van der Waals surface area contributed by atoms with Gasteiger partial charge < -0.3 is 14.4 Å². The van der Waals surface area contributed by atoms with Crippen LogP contribution in [-0.4, -0.2) is 24.6 Å². The maximum atomic E-state index is 10.2.